The Balaban J connectivity index is 1.81. The monoisotopic (exact) mass is 320 g/mol. The van der Waals surface area contributed by atoms with Crippen LogP contribution in [0.3, 0.4) is 0 Å². The van der Waals surface area contributed by atoms with Crippen LogP contribution in [0.15, 0.2) is 48.2 Å². The zero-order valence-electron chi connectivity index (χ0n) is 12.8. The number of halogens is 1. The third kappa shape index (κ3) is 2.13. The van der Waals surface area contributed by atoms with E-state index in [1.165, 1.54) is 35.0 Å². The first-order valence-electron chi connectivity index (χ1n) is 8.25. The average Bonchev–Trinajstić information content (AvgIpc) is 3.38. The Morgan fingerprint density at radius 2 is 1.91 bits per heavy atom. The van der Waals surface area contributed by atoms with E-state index in [-0.39, 0.29) is 0 Å². The van der Waals surface area contributed by atoms with Gasteiger partial charge in [-0.3, -0.25) is 0 Å². The second-order valence-electron chi connectivity index (χ2n) is 6.54. The van der Waals surface area contributed by atoms with Gasteiger partial charge in [-0.1, -0.05) is 29.3 Å². The molecule has 3 heteroatoms. The van der Waals surface area contributed by atoms with E-state index in [0.29, 0.717) is 0 Å². The summed E-state index contributed by atoms with van der Waals surface area (Å²) in [7, 11) is 0. The second-order valence-corrected chi connectivity index (χ2v) is 6.97. The van der Waals surface area contributed by atoms with E-state index in [2.05, 4.69) is 33.8 Å². The number of aromatic nitrogens is 2. The first-order chi connectivity index (χ1) is 11.3. The van der Waals surface area contributed by atoms with Crippen molar-refractivity contribution in [3.8, 4) is 11.1 Å². The van der Waals surface area contributed by atoms with Crippen LogP contribution < -0.4 is 0 Å². The molecule has 2 aromatic heterocycles. The fraction of sp³-hybridized carbons (Fsp3) is 0.250. The van der Waals surface area contributed by atoms with E-state index in [9.17, 15) is 0 Å². The van der Waals surface area contributed by atoms with Gasteiger partial charge in [0.1, 0.15) is 5.65 Å². The van der Waals surface area contributed by atoms with Crippen LogP contribution in [0.4, 0.5) is 0 Å². The number of hydrogen-bond acceptors (Lipinski definition) is 1. The predicted octanol–water partition coefficient (Wildman–Crippen LogP) is 5.55. The molecule has 0 bridgehead atoms. The van der Waals surface area contributed by atoms with Crippen LogP contribution in [-0.2, 0) is 6.54 Å². The first-order valence-corrected chi connectivity index (χ1v) is 8.62. The molecule has 0 unspecified atom stereocenters. The largest absolute Gasteiger partial charge is 0.325 e. The number of fused-ring (bicyclic) bond motifs is 3. The van der Waals surface area contributed by atoms with Crippen LogP contribution in [-0.4, -0.2) is 9.55 Å². The molecule has 1 aliphatic heterocycles. The lowest BCUT2D eigenvalue weighted by Crippen LogP contribution is -2.08. The van der Waals surface area contributed by atoms with Crippen LogP contribution in [0.1, 0.15) is 25.0 Å². The lowest BCUT2D eigenvalue weighted by molar-refractivity contribution is 0.667. The highest BCUT2D eigenvalue weighted by Crippen LogP contribution is 2.44. The van der Waals surface area contributed by atoms with Crippen molar-refractivity contribution in [3.63, 3.8) is 0 Å². The van der Waals surface area contributed by atoms with Crippen molar-refractivity contribution in [1.29, 1.82) is 0 Å². The van der Waals surface area contributed by atoms with Crippen LogP contribution in [0, 0.1) is 5.92 Å². The van der Waals surface area contributed by atoms with E-state index in [0.717, 1.165) is 29.6 Å². The van der Waals surface area contributed by atoms with Gasteiger partial charge in [-0.25, -0.2) is 4.98 Å². The van der Waals surface area contributed by atoms with Crippen molar-refractivity contribution >= 4 is 28.7 Å². The SMILES string of the molecule is Clc1ccc(-c2c3n(c4ncccc24)CCC(C2CC2)=C3)cc1. The maximum atomic E-state index is 6.08. The summed E-state index contributed by atoms with van der Waals surface area (Å²) in [5.74, 6) is 0.827. The molecule has 0 atom stereocenters. The van der Waals surface area contributed by atoms with Crippen LogP contribution >= 0.6 is 11.6 Å². The minimum absolute atomic E-state index is 0.776. The van der Waals surface area contributed by atoms with Gasteiger partial charge in [-0.2, -0.15) is 0 Å². The van der Waals surface area contributed by atoms with E-state index in [4.69, 9.17) is 11.6 Å². The molecule has 114 valence electrons. The summed E-state index contributed by atoms with van der Waals surface area (Å²) in [6, 6.07) is 12.4. The Kier molecular flexibility index (Phi) is 2.89. The Morgan fingerprint density at radius 1 is 1.09 bits per heavy atom. The summed E-state index contributed by atoms with van der Waals surface area (Å²) >= 11 is 6.08. The molecule has 23 heavy (non-hydrogen) atoms. The molecule has 0 saturated heterocycles. The Hall–Kier alpha value is -2.06. The van der Waals surface area contributed by atoms with Gasteiger partial charge in [0.15, 0.2) is 0 Å². The molecule has 5 rings (SSSR count). The highest BCUT2D eigenvalue weighted by atomic mass is 35.5. The van der Waals surface area contributed by atoms with Crippen LogP contribution in [0.5, 0.6) is 0 Å². The molecule has 2 nitrogen and oxygen atoms in total. The standard InChI is InChI=1S/C20H17ClN2/c21-16-7-5-14(6-8-16)19-17-2-1-10-22-20(17)23-11-9-15(12-18(19)23)13-3-4-13/h1-2,5-8,10,12-13H,3-4,9,11H2. The zero-order chi connectivity index (χ0) is 15.4. The van der Waals surface area contributed by atoms with Gasteiger partial charge in [-0.05, 0) is 61.1 Å². The maximum absolute atomic E-state index is 6.08. The van der Waals surface area contributed by atoms with Crippen LogP contribution in [0.25, 0.3) is 28.2 Å². The third-order valence-corrected chi connectivity index (χ3v) is 5.29. The smallest absolute Gasteiger partial charge is 0.140 e. The minimum Gasteiger partial charge on any atom is -0.325 e. The summed E-state index contributed by atoms with van der Waals surface area (Å²) < 4.78 is 2.38. The lowest BCUT2D eigenvalue weighted by Gasteiger charge is -2.17. The van der Waals surface area contributed by atoms with E-state index >= 15 is 0 Å². The molecule has 3 heterocycles. The van der Waals surface area contributed by atoms with Crippen molar-refractivity contribution in [2.45, 2.75) is 25.8 Å². The van der Waals surface area contributed by atoms with Gasteiger partial charge in [0, 0.05) is 28.7 Å². The fourth-order valence-electron chi connectivity index (χ4n) is 3.76. The Bertz CT molecular complexity index is 930. The van der Waals surface area contributed by atoms with Crippen LogP contribution in [0.2, 0.25) is 5.02 Å². The summed E-state index contributed by atoms with van der Waals surface area (Å²) in [6.07, 6.45) is 8.20. The molecule has 0 N–H and O–H groups in total. The van der Waals surface area contributed by atoms with Gasteiger partial charge in [0.05, 0.1) is 5.69 Å². The molecule has 3 aromatic rings. The minimum atomic E-state index is 0.776. The summed E-state index contributed by atoms with van der Waals surface area (Å²) in [6.45, 7) is 1.04. The average molecular weight is 321 g/mol. The Morgan fingerprint density at radius 3 is 2.70 bits per heavy atom. The Labute approximate surface area is 140 Å². The summed E-state index contributed by atoms with van der Waals surface area (Å²) in [5, 5.41) is 2.01. The van der Waals surface area contributed by atoms with Gasteiger partial charge in [-0.15, -0.1) is 0 Å². The second kappa shape index (κ2) is 4.97. The normalized spacial score (nSPS) is 17.2. The molecule has 1 aliphatic carbocycles. The van der Waals surface area contributed by atoms with E-state index in [1.54, 1.807) is 5.57 Å². The number of benzene rings is 1. The van der Waals surface area contributed by atoms with Gasteiger partial charge < -0.3 is 4.57 Å². The van der Waals surface area contributed by atoms with Crippen molar-refractivity contribution in [1.82, 2.24) is 9.55 Å². The molecule has 0 amide bonds. The molecular weight excluding hydrogens is 304 g/mol. The molecule has 2 aliphatic rings. The number of pyridine rings is 1. The first kappa shape index (κ1) is 13.4. The van der Waals surface area contributed by atoms with Gasteiger partial charge in [0.2, 0.25) is 0 Å². The highest BCUT2D eigenvalue weighted by molar-refractivity contribution is 6.30. The number of allylic oxidation sites excluding steroid dienone is 1. The quantitative estimate of drug-likeness (QED) is 0.605. The fourth-order valence-corrected chi connectivity index (χ4v) is 3.88. The van der Waals surface area contributed by atoms with Crippen molar-refractivity contribution in [2.75, 3.05) is 0 Å². The third-order valence-electron chi connectivity index (χ3n) is 5.04. The topological polar surface area (TPSA) is 17.8 Å². The van der Waals surface area contributed by atoms with E-state index in [1.807, 2.05) is 24.4 Å². The van der Waals surface area contributed by atoms with Gasteiger partial charge in [0.25, 0.3) is 0 Å². The van der Waals surface area contributed by atoms with Crippen molar-refractivity contribution in [3.05, 3.63) is 58.9 Å². The number of nitrogens with zero attached hydrogens (tertiary/aromatic N) is 2. The van der Waals surface area contributed by atoms with Crippen molar-refractivity contribution < 1.29 is 0 Å². The number of hydrogen-bond donors (Lipinski definition) is 0. The summed E-state index contributed by atoms with van der Waals surface area (Å²) in [4.78, 5) is 4.65. The predicted molar refractivity (Wildman–Crippen MR) is 95.5 cm³/mol. The van der Waals surface area contributed by atoms with Gasteiger partial charge >= 0.3 is 0 Å². The van der Waals surface area contributed by atoms with E-state index < -0.39 is 0 Å². The molecule has 0 spiro atoms. The molecule has 0 radical (unpaired) electrons. The molecule has 1 aromatic carbocycles. The number of aryl methyl sites for hydroxylation is 1. The highest BCUT2D eigenvalue weighted by Gasteiger charge is 2.29. The summed E-state index contributed by atoms with van der Waals surface area (Å²) in [5.41, 5.74) is 6.54. The maximum Gasteiger partial charge on any atom is 0.140 e. The molecule has 1 saturated carbocycles. The zero-order valence-corrected chi connectivity index (χ0v) is 13.6. The lowest BCUT2D eigenvalue weighted by atomic mass is 9.98. The molecule has 1 fully saturated rings. The van der Waals surface area contributed by atoms with Crippen molar-refractivity contribution in [2.24, 2.45) is 5.92 Å². The number of rotatable bonds is 2. The molecular formula is C20H17ClN2.